The van der Waals surface area contributed by atoms with Gasteiger partial charge in [0.1, 0.15) is 0 Å². The van der Waals surface area contributed by atoms with Crippen LogP contribution in [0.2, 0.25) is 0 Å². The predicted molar refractivity (Wildman–Crippen MR) is 63.5 cm³/mol. The largest absolute Gasteiger partial charge is 0.415 e. The molecule has 0 aliphatic carbocycles. The maximum absolute atomic E-state index is 12.2. The van der Waals surface area contributed by atoms with Crippen LogP contribution in [0, 0.1) is 0 Å². The predicted octanol–water partition coefficient (Wildman–Crippen LogP) is 2.28. The highest BCUT2D eigenvalue weighted by atomic mass is 19.4. The van der Waals surface area contributed by atoms with Crippen LogP contribution in [-0.4, -0.2) is 10.7 Å². The van der Waals surface area contributed by atoms with Crippen LogP contribution in [0.5, 0.6) is 0 Å². The standard InChI is InChI=1S/C12H11F3N2O/c1-9(12(13,14)15)5-6-10(8-16)17-7-3-2-4-11(17)18/h2-8H,1,16H2/b6-5-,10-8+. The molecule has 96 valence electrons. The molecule has 0 aliphatic rings. The van der Waals surface area contributed by atoms with Crippen molar-refractivity contribution in [1.29, 1.82) is 0 Å². The van der Waals surface area contributed by atoms with Crippen LogP contribution < -0.4 is 11.3 Å². The van der Waals surface area contributed by atoms with E-state index in [-0.39, 0.29) is 5.70 Å². The molecule has 1 rings (SSSR count). The summed E-state index contributed by atoms with van der Waals surface area (Å²) in [6.45, 7) is 2.88. The third kappa shape index (κ3) is 3.38. The Morgan fingerprint density at radius 2 is 2.00 bits per heavy atom. The molecule has 6 heteroatoms. The van der Waals surface area contributed by atoms with Gasteiger partial charge in [-0.1, -0.05) is 12.6 Å². The summed E-state index contributed by atoms with van der Waals surface area (Å²) in [6, 6.07) is 4.36. The second kappa shape index (κ2) is 5.39. The Hall–Kier alpha value is -2.24. The molecule has 0 spiro atoms. The molecule has 0 fully saturated rings. The first kappa shape index (κ1) is 13.8. The molecule has 0 aliphatic heterocycles. The van der Waals surface area contributed by atoms with Gasteiger partial charge in [-0.3, -0.25) is 9.36 Å². The lowest BCUT2D eigenvalue weighted by Crippen LogP contribution is -2.17. The van der Waals surface area contributed by atoms with Crippen LogP contribution in [0.3, 0.4) is 0 Å². The molecule has 1 heterocycles. The number of alkyl halides is 3. The molecule has 2 N–H and O–H groups in total. The highest BCUT2D eigenvalue weighted by Crippen LogP contribution is 2.25. The number of rotatable bonds is 3. The van der Waals surface area contributed by atoms with Gasteiger partial charge in [-0.25, -0.2) is 0 Å². The van der Waals surface area contributed by atoms with E-state index in [1.54, 1.807) is 6.07 Å². The number of aromatic nitrogens is 1. The van der Waals surface area contributed by atoms with Crippen molar-refractivity contribution in [2.45, 2.75) is 6.18 Å². The molecule has 0 saturated carbocycles. The van der Waals surface area contributed by atoms with E-state index in [1.165, 1.54) is 18.3 Å². The van der Waals surface area contributed by atoms with Crippen molar-refractivity contribution in [3.05, 3.63) is 65.3 Å². The molecule has 0 atom stereocenters. The molecule has 1 aromatic heterocycles. The van der Waals surface area contributed by atoms with Gasteiger partial charge in [-0.2, -0.15) is 13.2 Å². The molecule has 0 unspecified atom stereocenters. The number of hydrogen-bond acceptors (Lipinski definition) is 2. The zero-order chi connectivity index (χ0) is 13.8. The molecular formula is C12H11F3N2O. The van der Waals surface area contributed by atoms with Crippen LogP contribution in [0.15, 0.2) is 59.7 Å². The number of nitrogens with two attached hydrogens (primary N) is 1. The number of halogens is 3. The van der Waals surface area contributed by atoms with Crippen LogP contribution in [0.4, 0.5) is 13.2 Å². The van der Waals surface area contributed by atoms with Crippen molar-refractivity contribution in [1.82, 2.24) is 4.57 Å². The Kier molecular flexibility index (Phi) is 4.14. The number of hydrogen-bond donors (Lipinski definition) is 1. The Morgan fingerprint density at radius 1 is 1.33 bits per heavy atom. The van der Waals surface area contributed by atoms with E-state index in [2.05, 4.69) is 6.58 Å². The van der Waals surface area contributed by atoms with E-state index in [4.69, 9.17) is 5.73 Å². The fraction of sp³-hybridized carbons (Fsp3) is 0.0833. The fourth-order valence-corrected chi connectivity index (χ4v) is 1.14. The van der Waals surface area contributed by atoms with Crippen LogP contribution in [0.1, 0.15) is 0 Å². The van der Waals surface area contributed by atoms with Gasteiger partial charge < -0.3 is 5.73 Å². The fourth-order valence-electron chi connectivity index (χ4n) is 1.14. The third-order valence-electron chi connectivity index (χ3n) is 2.09. The Bertz CT molecular complexity index is 553. The van der Waals surface area contributed by atoms with E-state index in [1.807, 2.05) is 0 Å². The number of nitrogens with zero attached hydrogens (tertiary/aromatic N) is 1. The summed E-state index contributed by atoms with van der Waals surface area (Å²) in [6.07, 6.45) is -0.212. The Balaban J connectivity index is 3.03. The minimum absolute atomic E-state index is 0.131. The quantitative estimate of drug-likeness (QED) is 0.843. The zero-order valence-corrected chi connectivity index (χ0v) is 9.32. The lowest BCUT2D eigenvalue weighted by Gasteiger charge is -2.07. The van der Waals surface area contributed by atoms with Crippen molar-refractivity contribution in [2.75, 3.05) is 0 Å². The Labute approximate surface area is 101 Å². The highest BCUT2D eigenvalue weighted by molar-refractivity contribution is 5.57. The number of allylic oxidation sites excluding steroid dienone is 4. The summed E-state index contributed by atoms with van der Waals surface area (Å²) < 4.78 is 37.8. The SMILES string of the molecule is C=C(/C=C\C(=C/N)n1ccccc1=O)C(F)(F)F. The van der Waals surface area contributed by atoms with Gasteiger partial charge in [0.05, 0.1) is 5.70 Å². The number of pyridine rings is 1. The Morgan fingerprint density at radius 3 is 2.50 bits per heavy atom. The van der Waals surface area contributed by atoms with Gasteiger partial charge in [0.25, 0.3) is 5.56 Å². The molecule has 0 amide bonds. The molecule has 1 aromatic rings. The van der Waals surface area contributed by atoms with Gasteiger partial charge in [0, 0.05) is 24.0 Å². The summed E-state index contributed by atoms with van der Waals surface area (Å²) in [5.74, 6) is 0. The van der Waals surface area contributed by atoms with Gasteiger partial charge in [0.15, 0.2) is 0 Å². The molecular weight excluding hydrogens is 245 g/mol. The molecule has 0 radical (unpaired) electrons. The van der Waals surface area contributed by atoms with Gasteiger partial charge in [-0.05, 0) is 18.2 Å². The average Bonchev–Trinajstić information content (AvgIpc) is 2.30. The van der Waals surface area contributed by atoms with Crippen molar-refractivity contribution < 1.29 is 13.2 Å². The van der Waals surface area contributed by atoms with Crippen LogP contribution in [-0.2, 0) is 0 Å². The minimum atomic E-state index is -4.50. The molecule has 0 saturated heterocycles. The van der Waals surface area contributed by atoms with Gasteiger partial charge in [-0.15, -0.1) is 0 Å². The first-order chi connectivity index (χ1) is 8.36. The first-order valence-electron chi connectivity index (χ1n) is 4.90. The van der Waals surface area contributed by atoms with E-state index < -0.39 is 17.3 Å². The molecule has 18 heavy (non-hydrogen) atoms. The van der Waals surface area contributed by atoms with E-state index >= 15 is 0 Å². The topological polar surface area (TPSA) is 48.0 Å². The first-order valence-corrected chi connectivity index (χ1v) is 4.90. The molecule has 0 bridgehead atoms. The van der Waals surface area contributed by atoms with Crippen molar-refractivity contribution in [2.24, 2.45) is 5.73 Å². The van der Waals surface area contributed by atoms with Crippen LogP contribution >= 0.6 is 0 Å². The molecule has 0 aromatic carbocycles. The lowest BCUT2D eigenvalue weighted by atomic mass is 10.2. The second-order valence-corrected chi connectivity index (χ2v) is 3.36. The third-order valence-corrected chi connectivity index (χ3v) is 2.09. The van der Waals surface area contributed by atoms with Crippen molar-refractivity contribution in [3.8, 4) is 0 Å². The zero-order valence-electron chi connectivity index (χ0n) is 9.32. The van der Waals surface area contributed by atoms with Gasteiger partial charge >= 0.3 is 6.18 Å². The highest BCUT2D eigenvalue weighted by Gasteiger charge is 2.29. The summed E-state index contributed by atoms with van der Waals surface area (Å²) in [5.41, 5.74) is 4.00. The van der Waals surface area contributed by atoms with Crippen LogP contribution in [0.25, 0.3) is 5.70 Å². The minimum Gasteiger partial charge on any atom is -0.403 e. The summed E-state index contributed by atoms with van der Waals surface area (Å²) in [7, 11) is 0. The lowest BCUT2D eigenvalue weighted by molar-refractivity contribution is -0.0878. The average molecular weight is 256 g/mol. The van der Waals surface area contributed by atoms with Gasteiger partial charge in [0.2, 0.25) is 0 Å². The second-order valence-electron chi connectivity index (χ2n) is 3.36. The maximum Gasteiger partial charge on any atom is 0.415 e. The summed E-state index contributed by atoms with van der Waals surface area (Å²) in [5, 5.41) is 0. The summed E-state index contributed by atoms with van der Waals surface area (Å²) >= 11 is 0. The molecule has 3 nitrogen and oxygen atoms in total. The van der Waals surface area contributed by atoms with Crippen molar-refractivity contribution in [3.63, 3.8) is 0 Å². The summed E-state index contributed by atoms with van der Waals surface area (Å²) in [4.78, 5) is 11.4. The van der Waals surface area contributed by atoms with E-state index in [0.29, 0.717) is 0 Å². The smallest absolute Gasteiger partial charge is 0.403 e. The van der Waals surface area contributed by atoms with E-state index in [0.717, 1.165) is 22.9 Å². The monoisotopic (exact) mass is 256 g/mol. The normalized spacial score (nSPS) is 12.9. The van der Waals surface area contributed by atoms with E-state index in [9.17, 15) is 18.0 Å². The van der Waals surface area contributed by atoms with Crippen molar-refractivity contribution >= 4 is 5.70 Å². The maximum atomic E-state index is 12.2.